The first-order valence-electron chi connectivity index (χ1n) is 7.52. The van der Waals surface area contributed by atoms with Crippen LogP contribution in [-0.2, 0) is 21.2 Å². The SMILES string of the molecule is CCc1ccc([N+](=O)[O-])cc1S(=O)(=O)N1CC(C)OC(C)(C)C1. The molecule has 1 fully saturated rings. The smallest absolute Gasteiger partial charge is 0.270 e. The molecule has 0 radical (unpaired) electrons. The van der Waals surface area contributed by atoms with Crippen molar-refractivity contribution in [2.75, 3.05) is 13.1 Å². The van der Waals surface area contributed by atoms with Crippen molar-refractivity contribution in [2.45, 2.75) is 50.7 Å². The Morgan fingerprint density at radius 3 is 2.61 bits per heavy atom. The lowest BCUT2D eigenvalue weighted by Gasteiger charge is -2.41. The standard InChI is InChI=1S/C15H22N2O5S/c1-5-12-6-7-13(17(18)19)8-14(12)23(20,21)16-9-11(2)22-15(3,4)10-16/h6-8,11H,5,9-10H2,1-4H3. The minimum absolute atomic E-state index is 0.0131. The molecule has 1 aromatic carbocycles. The van der Waals surface area contributed by atoms with E-state index in [1.54, 1.807) is 0 Å². The number of sulfonamides is 1. The number of nitro groups is 1. The Morgan fingerprint density at radius 2 is 2.09 bits per heavy atom. The van der Waals surface area contributed by atoms with Crippen molar-refractivity contribution in [3.63, 3.8) is 0 Å². The summed E-state index contributed by atoms with van der Waals surface area (Å²) in [6.45, 7) is 7.76. The Morgan fingerprint density at radius 1 is 1.43 bits per heavy atom. The van der Waals surface area contributed by atoms with Gasteiger partial charge >= 0.3 is 0 Å². The van der Waals surface area contributed by atoms with Crippen molar-refractivity contribution in [3.8, 4) is 0 Å². The van der Waals surface area contributed by atoms with Gasteiger partial charge in [0.15, 0.2) is 0 Å². The molecule has 23 heavy (non-hydrogen) atoms. The van der Waals surface area contributed by atoms with Crippen LogP contribution in [0.15, 0.2) is 23.1 Å². The molecule has 0 amide bonds. The van der Waals surface area contributed by atoms with Crippen molar-refractivity contribution >= 4 is 15.7 Å². The molecule has 0 spiro atoms. The number of ether oxygens (including phenoxy) is 1. The molecule has 0 N–H and O–H groups in total. The molecule has 1 aliphatic rings. The van der Waals surface area contributed by atoms with Gasteiger partial charge in [0.25, 0.3) is 5.69 Å². The highest BCUT2D eigenvalue weighted by Gasteiger charge is 2.39. The predicted molar refractivity (Wildman–Crippen MR) is 85.9 cm³/mol. The van der Waals surface area contributed by atoms with Crippen LogP contribution in [0.2, 0.25) is 0 Å². The summed E-state index contributed by atoms with van der Waals surface area (Å²) in [4.78, 5) is 10.4. The second-order valence-corrected chi connectivity index (χ2v) is 8.29. The van der Waals surface area contributed by atoms with Crippen molar-refractivity contribution in [2.24, 2.45) is 0 Å². The maximum atomic E-state index is 13.0. The zero-order valence-corrected chi connectivity index (χ0v) is 14.6. The second-order valence-electron chi connectivity index (χ2n) is 6.39. The number of hydrogen-bond acceptors (Lipinski definition) is 5. The van der Waals surface area contributed by atoms with Crippen LogP contribution in [0.4, 0.5) is 5.69 Å². The highest BCUT2D eigenvalue weighted by atomic mass is 32.2. The Balaban J connectivity index is 2.50. The molecule has 1 aliphatic heterocycles. The lowest BCUT2D eigenvalue weighted by atomic mass is 10.1. The van der Waals surface area contributed by atoms with Crippen LogP contribution in [0.5, 0.6) is 0 Å². The van der Waals surface area contributed by atoms with E-state index in [2.05, 4.69) is 0 Å². The number of non-ortho nitro benzene ring substituents is 1. The minimum atomic E-state index is -3.82. The van der Waals surface area contributed by atoms with Gasteiger partial charge in [-0.1, -0.05) is 13.0 Å². The lowest BCUT2D eigenvalue weighted by molar-refractivity contribution is -0.385. The molecule has 1 heterocycles. The van der Waals surface area contributed by atoms with Gasteiger partial charge in [-0.2, -0.15) is 4.31 Å². The number of aryl methyl sites for hydroxylation is 1. The quantitative estimate of drug-likeness (QED) is 0.619. The third kappa shape index (κ3) is 3.70. The van der Waals surface area contributed by atoms with Crippen LogP contribution in [0, 0.1) is 10.1 Å². The summed E-state index contributed by atoms with van der Waals surface area (Å²) in [7, 11) is -3.82. The number of benzene rings is 1. The van der Waals surface area contributed by atoms with Crippen molar-refractivity contribution < 1.29 is 18.1 Å². The van der Waals surface area contributed by atoms with Gasteiger partial charge in [-0.25, -0.2) is 8.42 Å². The molecule has 0 aromatic heterocycles. The number of nitrogens with zero attached hydrogens (tertiary/aromatic N) is 2. The third-order valence-corrected chi connectivity index (χ3v) is 5.69. The first kappa shape index (κ1) is 17.8. The minimum Gasteiger partial charge on any atom is -0.370 e. The summed E-state index contributed by atoms with van der Waals surface area (Å²) in [6.07, 6.45) is 0.243. The van der Waals surface area contributed by atoms with E-state index in [1.165, 1.54) is 16.4 Å². The van der Waals surface area contributed by atoms with Gasteiger partial charge in [0.2, 0.25) is 10.0 Å². The molecule has 1 aromatic rings. The zero-order valence-electron chi connectivity index (χ0n) is 13.8. The van der Waals surface area contributed by atoms with Crippen molar-refractivity contribution in [3.05, 3.63) is 33.9 Å². The fourth-order valence-electron chi connectivity index (χ4n) is 2.91. The summed E-state index contributed by atoms with van der Waals surface area (Å²) in [5.41, 5.74) is -0.244. The molecule has 8 heteroatoms. The van der Waals surface area contributed by atoms with Gasteiger partial charge in [0.1, 0.15) is 0 Å². The summed E-state index contributed by atoms with van der Waals surface area (Å²) in [5.74, 6) is 0. The Kier molecular flexibility index (Phi) is 4.79. The molecule has 7 nitrogen and oxygen atoms in total. The van der Waals surface area contributed by atoms with E-state index < -0.39 is 20.5 Å². The monoisotopic (exact) mass is 342 g/mol. The van der Waals surface area contributed by atoms with E-state index in [0.29, 0.717) is 12.0 Å². The molecule has 0 saturated carbocycles. The van der Waals surface area contributed by atoms with Crippen LogP contribution in [0.25, 0.3) is 0 Å². The van der Waals surface area contributed by atoms with Crippen molar-refractivity contribution in [1.82, 2.24) is 4.31 Å². The fourth-order valence-corrected chi connectivity index (χ4v) is 4.88. The van der Waals surface area contributed by atoms with Gasteiger partial charge in [-0.15, -0.1) is 0 Å². The number of morpholine rings is 1. The third-order valence-electron chi connectivity index (χ3n) is 3.80. The van der Waals surface area contributed by atoms with E-state index in [-0.39, 0.29) is 29.8 Å². The Hall–Kier alpha value is -1.51. The molecule has 128 valence electrons. The maximum Gasteiger partial charge on any atom is 0.270 e. The molecule has 0 bridgehead atoms. The molecule has 1 atom stereocenters. The van der Waals surface area contributed by atoms with E-state index in [4.69, 9.17) is 4.74 Å². The summed E-state index contributed by atoms with van der Waals surface area (Å²) < 4.78 is 33.1. The predicted octanol–water partition coefficient (Wildman–Crippen LogP) is 2.35. The van der Waals surface area contributed by atoms with Crippen LogP contribution >= 0.6 is 0 Å². The molecular weight excluding hydrogens is 320 g/mol. The van der Waals surface area contributed by atoms with Gasteiger partial charge < -0.3 is 4.74 Å². The molecule has 2 rings (SSSR count). The van der Waals surface area contributed by atoms with E-state index in [9.17, 15) is 18.5 Å². The van der Waals surface area contributed by atoms with Gasteiger partial charge in [-0.3, -0.25) is 10.1 Å². The van der Waals surface area contributed by atoms with Crippen LogP contribution in [0.1, 0.15) is 33.3 Å². The summed E-state index contributed by atoms with van der Waals surface area (Å²) in [5, 5.41) is 11.0. The Labute approximate surface area is 136 Å². The maximum absolute atomic E-state index is 13.0. The second kappa shape index (κ2) is 6.18. The first-order valence-corrected chi connectivity index (χ1v) is 8.96. The average molecular weight is 342 g/mol. The van der Waals surface area contributed by atoms with E-state index >= 15 is 0 Å². The van der Waals surface area contributed by atoms with Crippen LogP contribution in [0.3, 0.4) is 0 Å². The lowest BCUT2D eigenvalue weighted by Crippen LogP contribution is -2.53. The van der Waals surface area contributed by atoms with Gasteiger partial charge in [0.05, 0.1) is 21.5 Å². The van der Waals surface area contributed by atoms with Gasteiger partial charge in [-0.05, 0) is 32.8 Å². The first-order chi connectivity index (χ1) is 10.6. The number of nitro benzene ring substituents is 1. The average Bonchev–Trinajstić information content (AvgIpc) is 2.44. The van der Waals surface area contributed by atoms with Gasteiger partial charge in [0, 0.05) is 25.2 Å². The van der Waals surface area contributed by atoms with Crippen molar-refractivity contribution in [1.29, 1.82) is 0 Å². The summed E-state index contributed by atoms with van der Waals surface area (Å²) in [6, 6.07) is 4.01. The number of hydrogen-bond donors (Lipinski definition) is 0. The van der Waals surface area contributed by atoms with Crippen LogP contribution in [-0.4, -0.2) is 42.4 Å². The highest BCUT2D eigenvalue weighted by molar-refractivity contribution is 7.89. The van der Waals surface area contributed by atoms with E-state index in [0.717, 1.165) is 6.07 Å². The van der Waals surface area contributed by atoms with Crippen LogP contribution < -0.4 is 0 Å². The zero-order chi connectivity index (χ0) is 17.4. The van der Waals surface area contributed by atoms with E-state index in [1.807, 2.05) is 27.7 Å². The fraction of sp³-hybridized carbons (Fsp3) is 0.600. The number of rotatable bonds is 4. The summed E-state index contributed by atoms with van der Waals surface area (Å²) >= 11 is 0. The highest BCUT2D eigenvalue weighted by Crippen LogP contribution is 2.30. The topological polar surface area (TPSA) is 89.8 Å². The Bertz CT molecular complexity index is 715. The molecular formula is C15H22N2O5S. The molecule has 1 saturated heterocycles. The molecule has 1 unspecified atom stereocenters. The molecule has 0 aliphatic carbocycles. The largest absolute Gasteiger partial charge is 0.370 e. The normalized spacial score (nSPS) is 22.0.